The van der Waals surface area contributed by atoms with Gasteiger partial charge in [-0.1, -0.05) is 18.2 Å². The summed E-state index contributed by atoms with van der Waals surface area (Å²) in [5.41, 5.74) is 1.88. The number of carbonyl (C=O) groups is 1. The van der Waals surface area contributed by atoms with E-state index in [9.17, 15) is 4.79 Å². The van der Waals surface area contributed by atoms with Gasteiger partial charge >= 0.3 is 0 Å². The number of hydrogen-bond acceptors (Lipinski definition) is 5. The van der Waals surface area contributed by atoms with Gasteiger partial charge in [0.1, 0.15) is 11.5 Å². The van der Waals surface area contributed by atoms with E-state index in [1.54, 1.807) is 7.11 Å². The van der Waals surface area contributed by atoms with Crippen LogP contribution in [0, 0.1) is 0 Å². The Labute approximate surface area is 160 Å². The van der Waals surface area contributed by atoms with E-state index in [0.717, 1.165) is 49.1 Å². The number of carbonyl (C=O) groups excluding carboxylic acids is 1. The molecule has 1 heterocycles. The van der Waals surface area contributed by atoms with Crippen LogP contribution in [0.25, 0.3) is 0 Å². The third-order valence-corrected chi connectivity index (χ3v) is 4.60. The molecule has 0 aromatic heterocycles. The number of rotatable bonds is 7. The van der Waals surface area contributed by atoms with E-state index >= 15 is 0 Å². The van der Waals surface area contributed by atoms with Crippen LogP contribution < -0.4 is 19.7 Å². The highest BCUT2D eigenvalue weighted by atomic mass is 16.5. The molecule has 1 saturated heterocycles. The van der Waals surface area contributed by atoms with E-state index in [1.165, 1.54) is 0 Å². The molecule has 0 atom stereocenters. The van der Waals surface area contributed by atoms with Crippen molar-refractivity contribution in [2.75, 3.05) is 56.7 Å². The molecule has 1 aliphatic heterocycles. The predicted octanol–water partition coefficient (Wildman–Crippen LogP) is 2.85. The van der Waals surface area contributed by atoms with Crippen LogP contribution in [0.1, 0.15) is 6.92 Å². The Morgan fingerprint density at radius 2 is 1.85 bits per heavy atom. The molecule has 144 valence electrons. The van der Waals surface area contributed by atoms with Gasteiger partial charge in [0, 0.05) is 37.9 Å². The molecule has 0 aliphatic carbocycles. The van der Waals surface area contributed by atoms with Crippen molar-refractivity contribution >= 4 is 17.3 Å². The van der Waals surface area contributed by atoms with Crippen molar-refractivity contribution in [3.05, 3.63) is 48.5 Å². The maximum Gasteiger partial charge on any atom is 0.238 e. The molecule has 1 aliphatic rings. The molecule has 2 aromatic carbocycles. The second-order valence-electron chi connectivity index (χ2n) is 6.44. The molecule has 27 heavy (non-hydrogen) atoms. The van der Waals surface area contributed by atoms with Crippen LogP contribution in [0.15, 0.2) is 48.5 Å². The lowest BCUT2D eigenvalue weighted by molar-refractivity contribution is -0.117. The minimum atomic E-state index is -0.00794. The summed E-state index contributed by atoms with van der Waals surface area (Å²) in [4.78, 5) is 16.8. The summed E-state index contributed by atoms with van der Waals surface area (Å²) in [6, 6.07) is 15.5. The summed E-state index contributed by atoms with van der Waals surface area (Å²) in [6.45, 7) is 6.46. The second-order valence-corrected chi connectivity index (χ2v) is 6.44. The number of para-hydroxylation sites is 2. The monoisotopic (exact) mass is 369 g/mol. The largest absolute Gasteiger partial charge is 0.497 e. The number of nitrogens with zero attached hydrogens (tertiary/aromatic N) is 2. The van der Waals surface area contributed by atoms with E-state index in [4.69, 9.17) is 9.47 Å². The van der Waals surface area contributed by atoms with Gasteiger partial charge in [-0.15, -0.1) is 0 Å². The normalized spacial score (nSPS) is 14.7. The van der Waals surface area contributed by atoms with Gasteiger partial charge in [0.15, 0.2) is 0 Å². The summed E-state index contributed by atoms with van der Waals surface area (Å²) in [5, 5.41) is 2.94. The topological polar surface area (TPSA) is 54.0 Å². The number of benzene rings is 2. The Balaban J connectivity index is 1.51. The van der Waals surface area contributed by atoms with Gasteiger partial charge in [-0.3, -0.25) is 9.69 Å². The zero-order valence-corrected chi connectivity index (χ0v) is 16.0. The van der Waals surface area contributed by atoms with Gasteiger partial charge in [-0.25, -0.2) is 0 Å². The van der Waals surface area contributed by atoms with Crippen LogP contribution in [-0.4, -0.2) is 57.2 Å². The smallest absolute Gasteiger partial charge is 0.238 e. The summed E-state index contributed by atoms with van der Waals surface area (Å²) in [6.07, 6.45) is 0. The molecule has 0 unspecified atom stereocenters. The molecular formula is C21H27N3O3. The summed E-state index contributed by atoms with van der Waals surface area (Å²) < 4.78 is 10.9. The van der Waals surface area contributed by atoms with Crippen LogP contribution >= 0.6 is 0 Å². The van der Waals surface area contributed by atoms with Crippen molar-refractivity contribution in [3.63, 3.8) is 0 Å². The Hall–Kier alpha value is -2.73. The fraction of sp³-hybridized carbons (Fsp3) is 0.381. The lowest BCUT2D eigenvalue weighted by atomic mass is 10.2. The molecule has 0 saturated carbocycles. The number of amides is 1. The SMILES string of the molecule is CCOc1ccccc1N1CCN(CC(=O)Nc2cccc(OC)c2)CC1. The summed E-state index contributed by atoms with van der Waals surface area (Å²) in [5.74, 6) is 1.64. The third kappa shape index (κ3) is 5.14. The molecule has 2 aromatic rings. The molecule has 0 bridgehead atoms. The van der Waals surface area contributed by atoms with Gasteiger partial charge < -0.3 is 19.7 Å². The molecular weight excluding hydrogens is 342 g/mol. The Kier molecular flexibility index (Phi) is 6.54. The van der Waals surface area contributed by atoms with Crippen LogP contribution in [0.5, 0.6) is 11.5 Å². The Morgan fingerprint density at radius 3 is 2.59 bits per heavy atom. The number of methoxy groups -OCH3 is 1. The quantitative estimate of drug-likeness (QED) is 0.813. The van der Waals surface area contributed by atoms with E-state index in [1.807, 2.05) is 49.4 Å². The van der Waals surface area contributed by atoms with Gasteiger partial charge in [-0.2, -0.15) is 0 Å². The van der Waals surface area contributed by atoms with Gasteiger partial charge in [0.2, 0.25) is 5.91 Å². The first-order chi connectivity index (χ1) is 13.2. The Morgan fingerprint density at radius 1 is 1.07 bits per heavy atom. The summed E-state index contributed by atoms with van der Waals surface area (Å²) >= 11 is 0. The van der Waals surface area contributed by atoms with Gasteiger partial charge in [0.25, 0.3) is 0 Å². The fourth-order valence-electron chi connectivity index (χ4n) is 3.25. The standard InChI is InChI=1S/C21H27N3O3/c1-3-27-20-10-5-4-9-19(20)24-13-11-23(12-14-24)16-21(25)22-17-7-6-8-18(15-17)26-2/h4-10,15H,3,11-14,16H2,1-2H3,(H,22,25). The van der Waals surface area contributed by atoms with Crippen molar-refractivity contribution in [3.8, 4) is 11.5 Å². The highest BCUT2D eigenvalue weighted by Crippen LogP contribution is 2.28. The zero-order chi connectivity index (χ0) is 19.1. The molecule has 3 rings (SSSR count). The average molecular weight is 369 g/mol. The first-order valence-corrected chi connectivity index (χ1v) is 9.32. The van der Waals surface area contributed by atoms with Crippen LogP contribution in [0.3, 0.4) is 0 Å². The number of nitrogens with one attached hydrogen (secondary N) is 1. The van der Waals surface area contributed by atoms with Crippen molar-refractivity contribution in [1.29, 1.82) is 0 Å². The molecule has 6 heteroatoms. The van der Waals surface area contributed by atoms with E-state index in [2.05, 4.69) is 21.2 Å². The maximum absolute atomic E-state index is 12.3. The highest BCUT2D eigenvalue weighted by molar-refractivity contribution is 5.92. The zero-order valence-electron chi connectivity index (χ0n) is 16.0. The first kappa shape index (κ1) is 19.0. The molecule has 1 N–H and O–H groups in total. The van der Waals surface area contributed by atoms with Crippen molar-refractivity contribution in [2.45, 2.75) is 6.92 Å². The van der Waals surface area contributed by atoms with Crippen molar-refractivity contribution in [1.82, 2.24) is 4.90 Å². The maximum atomic E-state index is 12.3. The van der Waals surface area contributed by atoms with Crippen molar-refractivity contribution in [2.24, 2.45) is 0 Å². The first-order valence-electron chi connectivity index (χ1n) is 9.32. The number of hydrogen-bond donors (Lipinski definition) is 1. The number of piperazine rings is 1. The predicted molar refractivity (Wildman–Crippen MR) is 108 cm³/mol. The van der Waals surface area contributed by atoms with Gasteiger partial charge in [0.05, 0.1) is 25.9 Å². The molecule has 1 fully saturated rings. The van der Waals surface area contributed by atoms with Crippen LogP contribution in [0.2, 0.25) is 0 Å². The molecule has 1 amide bonds. The fourth-order valence-corrected chi connectivity index (χ4v) is 3.25. The Bertz CT molecular complexity index is 758. The van der Waals surface area contributed by atoms with Crippen molar-refractivity contribution < 1.29 is 14.3 Å². The average Bonchev–Trinajstić information content (AvgIpc) is 2.69. The molecule has 0 radical (unpaired) electrons. The summed E-state index contributed by atoms with van der Waals surface area (Å²) in [7, 11) is 1.62. The van der Waals surface area contributed by atoms with Crippen LogP contribution in [0.4, 0.5) is 11.4 Å². The second kappa shape index (κ2) is 9.28. The van der Waals surface area contributed by atoms with E-state index in [-0.39, 0.29) is 5.91 Å². The molecule has 0 spiro atoms. The lowest BCUT2D eigenvalue weighted by Crippen LogP contribution is -2.48. The highest BCUT2D eigenvalue weighted by Gasteiger charge is 2.21. The van der Waals surface area contributed by atoms with Gasteiger partial charge in [-0.05, 0) is 31.2 Å². The molecule has 6 nitrogen and oxygen atoms in total. The third-order valence-electron chi connectivity index (χ3n) is 4.60. The van der Waals surface area contributed by atoms with E-state index < -0.39 is 0 Å². The minimum Gasteiger partial charge on any atom is -0.497 e. The minimum absolute atomic E-state index is 0.00794. The number of anilines is 2. The number of ether oxygens (including phenoxy) is 2. The lowest BCUT2D eigenvalue weighted by Gasteiger charge is -2.36. The van der Waals surface area contributed by atoms with Crippen LogP contribution in [-0.2, 0) is 4.79 Å². The van der Waals surface area contributed by atoms with E-state index in [0.29, 0.717) is 13.2 Å².